The van der Waals surface area contributed by atoms with E-state index in [2.05, 4.69) is 10.3 Å². The summed E-state index contributed by atoms with van der Waals surface area (Å²) in [6.45, 7) is 2.25. The number of aromatic nitrogens is 1. The Morgan fingerprint density at radius 3 is 2.86 bits per heavy atom. The van der Waals surface area contributed by atoms with Gasteiger partial charge >= 0.3 is 0 Å². The fraction of sp³-hybridized carbons (Fsp3) is 0.250. The molecule has 0 saturated carbocycles. The number of halogens is 2. The van der Waals surface area contributed by atoms with E-state index in [0.29, 0.717) is 51.3 Å². The van der Waals surface area contributed by atoms with E-state index in [0.717, 1.165) is 6.42 Å². The number of rotatable bonds is 3. The number of fused-ring (bicyclic) bond motifs is 1. The van der Waals surface area contributed by atoms with Gasteiger partial charge in [-0.05, 0) is 49.2 Å². The summed E-state index contributed by atoms with van der Waals surface area (Å²) in [6, 6.07) is 9.42. The number of carbonyl (C=O) groups is 2. The van der Waals surface area contributed by atoms with Crippen molar-refractivity contribution in [3.8, 4) is 0 Å². The predicted octanol–water partition coefficient (Wildman–Crippen LogP) is 4.69. The molecule has 144 valence electrons. The van der Waals surface area contributed by atoms with Gasteiger partial charge in [0.05, 0.1) is 10.6 Å². The highest BCUT2D eigenvalue weighted by Crippen LogP contribution is 2.27. The maximum atomic E-state index is 12.9. The molecule has 1 fully saturated rings. The highest BCUT2D eigenvalue weighted by Gasteiger charge is 2.35. The van der Waals surface area contributed by atoms with Gasteiger partial charge in [0.1, 0.15) is 11.6 Å². The fourth-order valence-electron chi connectivity index (χ4n) is 3.44. The Morgan fingerprint density at radius 2 is 2.04 bits per heavy atom. The van der Waals surface area contributed by atoms with Crippen molar-refractivity contribution < 1.29 is 14.0 Å². The minimum absolute atomic E-state index is 0.247. The molecule has 1 aliphatic rings. The number of hydrogen-bond acceptors (Lipinski definition) is 4. The highest BCUT2D eigenvalue weighted by molar-refractivity contribution is 6.35. The third-order valence-electron chi connectivity index (χ3n) is 4.74. The number of amides is 2. The van der Waals surface area contributed by atoms with E-state index in [4.69, 9.17) is 27.6 Å². The summed E-state index contributed by atoms with van der Waals surface area (Å²) in [7, 11) is 0. The monoisotopic (exact) mass is 417 g/mol. The third-order valence-corrected chi connectivity index (χ3v) is 5.30. The second-order valence-corrected chi connectivity index (χ2v) is 7.53. The van der Waals surface area contributed by atoms with Crippen LogP contribution >= 0.6 is 23.2 Å². The van der Waals surface area contributed by atoms with E-state index < -0.39 is 6.04 Å². The van der Waals surface area contributed by atoms with Crippen LogP contribution in [0, 0.1) is 6.92 Å². The van der Waals surface area contributed by atoms with Crippen LogP contribution in [0.4, 0.5) is 5.69 Å². The second kappa shape index (κ2) is 7.45. The lowest BCUT2D eigenvalue weighted by atomic mass is 10.1. The van der Waals surface area contributed by atoms with Crippen molar-refractivity contribution in [2.45, 2.75) is 25.8 Å². The molecular formula is C20H17Cl2N3O3. The van der Waals surface area contributed by atoms with E-state index in [1.165, 1.54) is 6.07 Å². The lowest BCUT2D eigenvalue weighted by molar-refractivity contribution is -0.119. The van der Waals surface area contributed by atoms with Crippen LogP contribution in [0.15, 0.2) is 40.8 Å². The average molecular weight is 418 g/mol. The normalized spacial score (nSPS) is 16.5. The molecule has 2 amide bonds. The summed E-state index contributed by atoms with van der Waals surface area (Å²) >= 11 is 12.2. The van der Waals surface area contributed by atoms with Gasteiger partial charge < -0.3 is 14.6 Å². The van der Waals surface area contributed by atoms with Gasteiger partial charge in [0.15, 0.2) is 11.5 Å². The molecule has 6 nitrogen and oxygen atoms in total. The summed E-state index contributed by atoms with van der Waals surface area (Å²) in [5.74, 6) is 0.0146. The number of aryl methyl sites for hydroxylation is 1. The molecule has 1 N–H and O–H groups in total. The van der Waals surface area contributed by atoms with Crippen LogP contribution in [0.1, 0.15) is 29.1 Å². The Morgan fingerprint density at radius 1 is 1.21 bits per heavy atom. The smallest absolute Gasteiger partial charge is 0.256 e. The van der Waals surface area contributed by atoms with Gasteiger partial charge in [-0.2, -0.15) is 0 Å². The summed E-state index contributed by atoms with van der Waals surface area (Å²) in [4.78, 5) is 31.6. The molecule has 0 spiro atoms. The first-order chi connectivity index (χ1) is 13.4. The number of oxazole rings is 1. The van der Waals surface area contributed by atoms with Gasteiger partial charge in [0, 0.05) is 24.2 Å². The van der Waals surface area contributed by atoms with Gasteiger partial charge in [0.2, 0.25) is 5.91 Å². The number of anilines is 1. The molecule has 3 aromatic rings. The van der Waals surface area contributed by atoms with Crippen molar-refractivity contribution >= 4 is 51.8 Å². The van der Waals surface area contributed by atoms with Gasteiger partial charge in [-0.3, -0.25) is 9.59 Å². The molecule has 8 heteroatoms. The number of nitrogens with zero attached hydrogens (tertiary/aromatic N) is 2. The Hall–Kier alpha value is -2.57. The third kappa shape index (κ3) is 3.57. The van der Waals surface area contributed by atoms with Crippen molar-refractivity contribution in [2.24, 2.45) is 0 Å². The fourth-order valence-corrected chi connectivity index (χ4v) is 3.81. The molecule has 1 saturated heterocycles. The zero-order valence-electron chi connectivity index (χ0n) is 15.0. The van der Waals surface area contributed by atoms with Crippen molar-refractivity contribution in [3.05, 3.63) is 57.9 Å². The molecule has 0 radical (unpaired) electrons. The summed E-state index contributed by atoms with van der Waals surface area (Å²) in [5.41, 5.74) is 2.23. The van der Waals surface area contributed by atoms with Gasteiger partial charge in [-0.15, -0.1) is 0 Å². The molecule has 4 rings (SSSR count). The molecule has 1 unspecified atom stereocenters. The van der Waals surface area contributed by atoms with Crippen LogP contribution in [-0.4, -0.2) is 34.3 Å². The average Bonchev–Trinajstić information content (AvgIpc) is 3.28. The second-order valence-electron chi connectivity index (χ2n) is 6.69. The molecule has 2 aromatic carbocycles. The Labute approximate surface area is 171 Å². The van der Waals surface area contributed by atoms with E-state index in [1.807, 2.05) is 0 Å². The van der Waals surface area contributed by atoms with Crippen molar-refractivity contribution in [1.29, 1.82) is 0 Å². The lowest BCUT2D eigenvalue weighted by Gasteiger charge is -2.24. The van der Waals surface area contributed by atoms with E-state index in [1.54, 1.807) is 42.2 Å². The standard InChI is InChI=1S/C20H17Cl2N3O3/c1-11-23-16-10-13(5-7-18(16)28-11)24-19(26)17-3-2-8-25(17)20(27)14-9-12(21)4-6-15(14)22/h4-7,9-10,17H,2-3,8H2,1H3,(H,24,26). The largest absolute Gasteiger partial charge is 0.441 e. The van der Waals surface area contributed by atoms with Crippen LogP contribution in [-0.2, 0) is 4.79 Å². The van der Waals surface area contributed by atoms with Gasteiger partial charge in [-0.1, -0.05) is 23.2 Å². The van der Waals surface area contributed by atoms with E-state index in [9.17, 15) is 9.59 Å². The predicted molar refractivity (Wildman–Crippen MR) is 108 cm³/mol. The molecule has 1 atom stereocenters. The first kappa shape index (κ1) is 18.8. The van der Waals surface area contributed by atoms with Gasteiger partial charge in [0.25, 0.3) is 5.91 Å². The topological polar surface area (TPSA) is 75.4 Å². The first-order valence-corrected chi connectivity index (χ1v) is 9.62. The molecule has 28 heavy (non-hydrogen) atoms. The molecular weight excluding hydrogens is 401 g/mol. The number of hydrogen-bond donors (Lipinski definition) is 1. The number of likely N-dealkylation sites (tertiary alicyclic amines) is 1. The maximum absolute atomic E-state index is 12.9. The van der Waals surface area contributed by atoms with Crippen molar-refractivity contribution in [3.63, 3.8) is 0 Å². The minimum Gasteiger partial charge on any atom is -0.441 e. The SMILES string of the molecule is Cc1nc2cc(NC(=O)C3CCCN3C(=O)c3cc(Cl)ccc3Cl)ccc2o1. The van der Waals surface area contributed by atoms with Crippen molar-refractivity contribution in [1.82, 2.24) is 9.88 Å². The van der Waals surface area contributed by atoms with Crippen LogP contribution in [0.25, 0.3) is 11.1 Å². The van der Waals surface area contributed by atoms with Gasteiger partial charge in [-0.25, -0.2) is 4.98 Å². The molecule has 0 aliphatic carbocycles. The zero-order valence-corrected chi connectivity index (χ0v) is 16.5. The lowest BCUT2D eigenvalue weighted by Crippen LogP contribution is -2.43. The highest BCUT2D eigenvalue weighted by atomic mass is 35.5. The maximum Gasteiger partial charge on any atom is 0.256 e. The van der Waals surface area contributed by atoms with E-state index in [-0.39, 0.29) is 11.8 Å². The Bertz CT molecular complexity index is 1080. The van der Waals surface area contributed by atoms with Crippen molar-refractivity contribution in [2.75, 3.05) is 11.9 Å². The minimum atomic E-state index is -0.572. The van der Waals surface area contributed by atoms with E-state index >= 15 is 0 Å². The molecule has 0 bridgehead atoms. The zero-order chi connectivity index (χ0) is 19.8. The Kier molecular flexibility index (Phi) is 5.00. The number of nitrogens with one attached hydrogen (secondary N) is 1. The summed E-state index contributed by atoms with van der Waals surface area (Å²) < 4.78 is 5.45. The number of benzene rings is 2. The first-order valence-electron chi connectivity index (χ1n) is 8.86. The molecule has 1 aromatic heterocycles. The van der Waals surface area contributed by atoms with Crippen LogP contribution in [0.5, 0.6) is 0 Å². The summed E-state index contributed by atoms with van der Waals surface area (Å²) in [6.07, 6.45) is 1.32. The van der Waals surface area contributed by atoms with Crippen LogP contribution in [0.2, 0.25) is 10.0 Å². The summed E-state index contributed by atoms with van der Waals surface area (Å²) in [5, 5.41) is 3.61. The Balaban J connectivity index is 1.54. The number of carbonyl (C=O) groups excluding carboxylic acids is 2. The van der Waals surface area contributed by atoms with Crippen LogP contribution < -0.4 is 5.32 Å². The van der Waals surface area contributed by atoms with Crippen LogP contribution in [0.3, 0.4) is 0 Å². The molecule has 2 heterocycles. The quantitative estimate of drug-likeness (QED) is 0.670. The molecule has 1 aliphatic heterocycles.